The molecular weight excluding hydrogens is 665 g/mol. The molecule has 0 bridgehead atoms. The smallest absolute Gasteiger partial charge is 0.136 e. The Morgan fingerprint density at radius 2 is 0.836 bits per heavy atom. The van der Waals surface area contributed by atoms with E-state index in [1.165, 1.54) is 0 Å². The lowest BCUT2D eigenvalue weighted by atomic mass is 9.81. The Morgan fingerprint density at radius 3 is 1.55 bits per heavy atom. The van der Waals surface area contributed by atoms with Gasteiger partial charge < -0.3 is 4.42 Å². The Morgan fingerprint density at radius 1 is 0.309 bits per heavy atom. The van der Waals surface area contributed by atoms with Gasteiger partial charge in [0, 0.05) is 10.8 Å². The maximum Gasteiger partial charge on any atom is 0.136 e. The molecule has 55 heavy (non-hydrogen) atoms. The zero-order valence-corrected chi connectivity index (χ0v) is 29.0. The third kappa shape index (κ3) is 5.01. The van der Waals surface area contributed by atoms with Crippen molar-refractivity contribution in [3.8, 4) is 55.6 Å². The summed E-state index contributed by atoms with van der Waals surface area (Å²) in [5.74, 6) is 0. The van der Waals surface area contributed by atoms with Crippen LogP contribution in [0.2, 0.25) is 0 Å². The minimum Gasteiger partial charge on any atom is -0.456 e. The molecule has 0 aliphatic heterocycles. The second-order valence-electron chi connectivity index (χ2n) is 13.4. The van der Waals surface area contributed by atoms with Gasteiger partial charge in [0.2, 0.25) is 0 Å². The van der Waals surface area contributed by atoms with Crippen LogP contribution >= 0.6 is 0 Å². The molecule has 1 aromatic heterocycles. The molecule has 0 spiro atoms. The first-order valence-electron chi connectivity index (χ1n) is 24.4. The summed E-state index contributed by atoms with van der Waals surface area (Å²) in [4.78, 5) is 0. The highest BCUT2D eigenvalue weighted by atomic mass is 16.3. The Labute approximate surface area is 337 Å². The van der Waals surface area contributed by atoms with Gasteiger partial charge in [-0.3, -0.25) is 0 Å². The topological polar surface area (TPSA) is 13.1 Å². The summed E-state index contributed by atoms with van der Waals surface area (Å²) in [6, 6.07) is 32.0. The average Bonchev–Trinajstić information content (AvgIpc) is 3.74. The summed E-state index contributed by atoms with van der Waals surface area (Å²) < 4.78 is 126. The van der Waals surface area contributed by atoms with Crippen LogP contribution in [0.3, 0.4) is 0 Å². The van der Waals surface area contributed by atoms with Gasteiger partial charge in [0.25, 0.3) is 0 Å². The Kier molecular flexibility index (Phi) is 4.83. The van der Waals surface area contributed by atoms with Crippen molar-refractivity contribution >= 4 is 54.3 Å². The lowest BCUT2D eigenvalue weighted by Crippen LogP contribution is -1.95. The number of furan rings is 1. The molecule has 0 aliphatic carbocycles. The van der Waals surface area contributed by atoms with E-state index in [4.69, 9.17) is 14.0 Å². The molecule has 0 N–H and O–H groups in total. The number of rotatable bonds is 5. The standard InChI is InChI=1S/C54H34O/c1-2-17-36(18-3-1)52-39-20-5-4-16-35(39)30-33-49(52)54-47-27-12-10-25-45(47)53(46-26-11-13-28-48(46)54)44-24-9-8-22-41(44)40-21-7-6-19-38(40)37-31-32-43-42-23-14-15-29-50(42)55-51(43)34-37/h1-34H/i1D,2D,3D,10D,11D,12D,13D,17D,18D,25D,26D,27D,28D. The molecule has 0 atom stereocenters. The SMILES string of the molecule is [2H]c1c([2H])c([2H])c(-c2c(-c3c4c([2H])c([2H])c([2H])c([2H])c4c(-c4ccccc4-c4ccccc4-c4ccc5c(c4)oc4ccccc45)c4c([2H])c([2H])c([2H])c([2H])c34)ccc3ccccc23)c([2H])c1[2H]. The summed E-state index contributed by atoms with van der Waals surface area (Å²) in [6.45, 7) is 0. The molecule has 0 aliphatic rings. The van der Waals surface area contributed by atoms with Crippen molar-refractivity contribution in [3.63, 3.8) is 0 Å². The molecule has 11 rings (SSSR count). The van der Waals surface area contributed by atoms with Gasteiger partial charge in [0.05, 0.1) is 17.8 Å². The van der Waals surface area contributed by atoms with E-state index in [2.05, 4.69) is 0 Å². The quantitative estimate of drug-likeness (QED) is 0.162. The third-order valence-corrected chi connectivity index (χ3v) is 10.4. The van der Waals surface area contributed by atoms with E-state index in [1.54, 1.807) is 48.5 Å². The first-order valence-corrected chi connectivity index (χ1v) is 17.9. The second kappa shape index (κ2) is 12.7. The number of hydrogen-bond donors (Lipinski definition) is 0. The highest BCUT2D eigenvalue weighted by Gasteiger charge is 2.22. The summed E-state index contributed by atoms with van der Waals surface area (Å²) in [7, 11) is 0. The van der Waals surface area contributed by atoms with Gasteiger partial charge in [-0.2, -0.15) is 0 Å². The molecule has 1 heteroatoms. The van der Waals surface area contributed by atoms with Gasteiger partial charge in [-0.25, -0.2) is 0 Å². The van der Waals surface area contributed by atoms with Crippen molar-refractivity contribution in [2.24, 2.45) is 0 Å². The fraction of sp³-hybridized carbons (Fsp3) is 0. The lowest BCUT2D eigenvalue weighted by molar-refractivity contribution is 0.669. The maximum atomic E-state index is 9.72. The molecule has 1 heterocycles. The summed E-state index contributed by atoms with van der Waals surface area (Å²) in [6.07, 6.45) is 0. The normalized spacial score (nSPS) is 14.9. The predicted molar refractivity (Wildman–Crippen MR) is 233 cm³/mol. The van der Waals surface area contributed by atoms with Crippen molar-refractivity contribution in [2.45, 2.75) is 0 Å². The largest absolute Gasteiger partial charge is 0.456 e. The zero-order chi connectivity index (χ0) is 47.6. The van der Waals surface area contributed by atoms with Gasteiger partial charge in [0.15, 0.2) is 0 Å². The number of para-hydroxylation sites is 1. The van der Waals surface area contributed by atoms with E-state index in [0.717, 1.165) is 33.0 Å². The van der Waals surface area contributed by atoms with Crippen molar-refractivity contribution in [1.82, 2.24) is 0 Å². The van der Waals surface area contributed by atoms with Crippen LogP contribution in [-0.2, 0) is 0 Å². The van der Waals surface area contributed by atoms with Crippen LogP contribution in [0, 0.1) is 0 Å². The van der Waals surface area contributed by atoms with Crippen LogP contribution in [0.5, 0.6) is 0 Å². The van der Waals surface area contributed by atoms with Gasteiger partial charge in [-0.05, 0) is 106 Å². The van der Waals surface area contributed by atoms with E-state index in [0.29, 0.717) is 27.5 Å². The van der Waals surface area contributed by atoms with Crippen LogP contribution < -0.4 is 0 Å². The first-order chi connectivity index (χ1) is 32.7. The van der Waals surface area contributed by atoms with Crippen LogP contribution in [0.15, 0.2) is 210 Å². The molecule has 11 aromatic rings. The van der Waals surface area contributed by atoms with E-state index >= 15 is 0 Å². The van der Waals surface area contributed by atoms with Crippen molar-refractivity contribution in [2.75, 3.05) is 0 Å². The van der Waals surface area contributed by atoms with Gasteiger partial charge in [0.1, 0.15) is 11.2 Å². The summed E-state index contributed by atoms with van der Waals surface area (Å²) >= 11 is 0. The minimum absolute atomic E-state index is 0.0117. The van der Waals surface area contributed by atoms with Crippen LogP contribution in [0.4, 0.5) is 0 Å². The Hall–Kier alpha value is -7.22. The van der Waals surface area contributed by atoms with Crippen molar-refractivity contribution in [1.29, 1.82) is 0 Å². The summed E-state index contributed by atoms with van der Waals surface area (Å²) in [5.41, 5.74) is 5.03. The maximum absolute atomic E-state index is 9.72. The predicted octanol–water partition coefficient (Wildman–Crippen LogP) is 15.4. The van der Waals surface area contributed by atoms with Crippen LogP contribution in [0.25, 0.3) is 110 Å². The summed E-state index contributed by atoms with van der Waals surface area (Å²) in [5, 5.41) is 2.78. The molecule has 0 saturated heterocycles. The highest BCUT2D eigenvalue weighted by Crippen LogP contribution is 2.50. The average molecular weight is 712 g/mol. The zero-order valence-electron chi connectivity index (χ0n) is 42.0. The highest BCUT2D eigenvalue weighted by molar-refractivity contribution is 6.24. The molecular formula is C54H34O. The van der Waals surface area contributed by atoms with Gasteiger partial charge in [-0.15, -0.1) is 0 Å². The van der Waals surface area contributed by atoms with Crippen molar-refractivity contribution in [3.05, 3.63) is 206 Å². The molecule has 0 unspecified atom stereocenters. The van der Waals surface area contributed by atoms with Crippen LogP contribution in [0.1, 0.15) is 17.8 Å². The number of hydrogen-bond acceptors (Lipinski definition) is 1. The first kappa shape index (κ1) is 20.9. The van der Waals surface area contributed by atoms with E-state index < -0.39 is 78.6 Å². The Balaban J connectivity index is 1.32. The molecule has 0 amide bonds. The molecule has 10 aromatic carbocycles. The fourth-order valence-electron chi connectivity index (χ4n) is 8.09. The third-order valence-electron chi connectivity index (χ3n) is 10.4. The van der Waals surface area contributed by atoms with Gasteiger partial charge in [-0.1, -0.05) is 188 Å². The second-order valence-corrected chi connectivity index (χ2v) is 13.4. The number of fused-ring (bicyclic) bond motifs is 6. The van der Waals surface area contributed by atoms with E-state index in [1.807, 2.05) is 78.9 Å². The molecule has 1 nitrogen and oxygen atoms in total. The van der Waals surface area contributed by atoms with E-state index in [9.17, 15) is 8.22 Å². The minimum atomic E-state index is -0.607. The fourth-order valence-corrected chi connectivity index (χ4v) is 8.09. The van der Waals surface area contributed by atoms with Crippen LogP contribution in [-0.4, -0.2) is 0 Å². The molecule has 0 saturated carbocycles. The number of benzene rings is 10. The van der Waals surface area contributed by atoms with E-state index in [-0.39, 0.29) is 49.4 Å². The lowest BCUT2D eigenvalue weighted by Gasteiger charge is -2.22. The monoisotopic (exact) mass is 711 g/mol. The van der Waals surface area contributed by atoms with Crippen molar-refractivity contribution < 1.29 is 22.2 Å². The Bertz CT molecular complexity index is 3920. The van der Waals surface area contributed by atoms with Gasteiger partial charge >= 0.3 is 0 Å². The molecule has 0 radical (unpaired) electrons. The molecule has 256 valence electrons. The molecule has 0 fully saturated rings.